The molecule has 33 heavy (non-hydrogen) atoms. The van der Waals surface area contributed by atoms with Crippen molar-refractivity contribution in [2.45, 2.75) is 0 Å². The second-order valence-electron chi connectivity index (χ2n) is 7.69. The van der Waals surface area contributed by atoms with Gasteiger partial charge < -0.3 is 14.2 Å². The van der Waals surface area contributed by atoms with Crippen molar-refractivity contribution in [1.82, 2.24) is 0 Å². The zero-order valence-corrected chi connectivity index (χ0v) is 19.4. The van der Waals surface area contributed by atoms with Crippen molar-refractivity contribution in [3.63, 3.8) is 0 Å². The van der Waals surface area contributed by atoms with Gasteiger partial charge in [0.15, 0.2) is 12.4 Å². The lowest BCUT2D eigenvalue weighted by atomic mass is 9.86. The van der Waals surface area contributed by atoms with E-state index in [1.807, 2.05) is 48.0 Å². The van der Waals surface area contributed by atoms with Crippen LogP contribution in [0.15, 0.2) is 97.3 Å². The van der Waals surface area contributed by atoms with Crippen LogP contribution in [-0.4, -0.2) is 21.3 Å². The van der Waals surface area contributed by atoms with Gasteiger partial charge in [0.05, 0.1) is 21.3 Å². The number of hydrogen-bond donors (Lipinski definition) is 0. The summed E-state index contributed by atoms with van der Waals surface area (Å²) in [5.74, 6) is 2.48. The predicted octanol–water partition coefficient (Wildman–Crippen LogP) is 5.54. The Bertz CT molecular complexity index is 1170. The molecule has 0 N–H and O–H groups in total. The van der Waals surface area contributed by atoms with Gasteiger partial charge in [0.1, 0.15) is 24.3 Å². The zero-order valence-electron chi connectivity index (χ0n) is 19.4. The van der Waals surface area contributed by atoms with Crippen LogP contribution in [0.5, 0.6) is 17.2 Å². The van der Waals surface area contributed by atoms with Crippen LogP contribution in [0.3, 0.4) is 0 Å². The average Bonchev–Trinajstić information content (AvgIpc) is 2.88. The number of pyridine rings is 1. The number of aromatic nitrogens is 1. The van der Waals surface area contributed by atoms with Crippen molar-refractivity contribution in [3.05, 3.63) is 120 Å². The molecule has 0 spiro atoms. The van der Waals surface area contributed by atoms with Gasteiger partial charge >= 0.3 is 0 Å². The van der Waals surface area contributed by atoms with Gasteiger partial charge in [-0.3, -0.25) is 0 Å². The molecule has 0 bridgehead atoms. The molecular weight excluding hydrogens is 410 g/mol. The van der Waals surface area contributed by atoms with Crippen molar-refractivity contribution >= 4 is 11.1 Å². The SMILES string of the molecule is COc1ccc(C(=C(c2ccc(OC)cc2)c2cc[n+](C)cc2)c2ccc(OC)cc2)cc1. The number of benzene rings is 3. The summed E-state index contributed by atoms with van der Waals surface area (Å²) in [5, 5.41) is 0. The maximum absolute atomic E-state index is 5.40. The predicted molar refractivity (Wildman–Crippen MR) is 132 cm³/mol. The largest absolute Gasteiger partial charge is 0.497 e. The average molecular weight is 439 g/mol. The van der Waals surface area contributed by atoms with Crippen LogP contribution >= 0.6 is 0 Å². The maximum Gasteiger partial charge on any atom is 0.169 e. The Morgan fingerprint density at radius 2 is 0.727 bits per heavy atom. The van der Waals surface area contributed by atoms with E-state index in [4.69, 9.17) is 14.2 Å². The summed E-state index contributed by atoms with van der Waals surface area (Å²) >= 11 is 0. The number of ether oxygens (including phenoxy) is 3. The van der Waals surface area contributed by atoms with Gasteiger partial charge in [-0.2, -0.15) is 0 Å². The Hall–Kier alpha value is -4.05. The van der Waals surface area contributed by atoms with E-state index in [0.29, 0.717) is 0 Å². The first-order valence-electron chi connectivity index (χ1n) is 10.8. The van der Waals surface area contributed by atoms with Gasteiger partial charge in [-0.15, -0.1) is 0 Å². The summed E-state index contributed by atoms with van der Waals surface area (Å²) in [6.45, 7) is 0. The summed E-state index contributed by atoms with van der Waals surface area (Å²) in [5.41, 5.74) is 6.68. The molecule has 3 aromatic carbocycles. The molecular formula is C29H28NO3+. The van der Waals surface area contributed by atoms with Crippen molar-refractivity contribution in [2.24, 2.45) is 7.05 Å². The van der Waals surface area contributed by atoms with E-state index in [0.717, 1.165) is 50.6 Å². The number of rotatable bonds is 7. The molecule has 0 saturated heterocycles. The lowest BCUT2D eigenvalue weighted by molar-refractivity contribution is -0.671. The highest BCUT2D eigenvalue weighted by Crippen LogP contribution is 2.38. The van der Waals surface area contributed by atoms with Crippen LogP contribution in [0.4, 0.5) is 0 Å². The van der Waals surface area contributed by atoms with Crippen LogP contribution in [0.25, 0.3) is 11.1 Å². The fraction of sp³-hybridized carbons (Fsp3) is 0.138. The highest BCUT2D eigenvalue weighted by Gasteiger charge is 2.17. The molecule has 0 fully saturated rings. The van der Waals surface area contributed by atoms with Gasteiger partial charge in [0, 0.05) is 12.1 Å². The second-order valence-corrected chi connectivity index (χ2v) is 7.69. The van der Waals surface area contributed by atoms with Crippen molar-refractivity contribution in [1.29, 1.82) is 0 Å². The van der Waals surface area contributed by atoms with E-state index in [-0.39, 0.29) is 0 Å². The van der Waals surface area contributed by atoms with Crippen LogP contribution < -0.4 is 18.8 Å². The Morgan fingerprint density at radius 3 is 1.00 bits per heavy atom. The van der Waals surface area contributed by atoms with E-state index in [1.165, 1.54) is 0 Å². The first-order chi connectivity index (χ1) is 16.1. The fourth-order valence-electron chi connectivity index (χ4n) is 3.85. The minimum atomic E-state index is 0.825. The first-order valence-corrected chi connectivity index (χ1v) is 10.8. The minimum absolute atomic E-state index is 0.825. The molecule has 4 heteroatoms. The molecule has 0 unspecified atom stereocenters. The maximum atomic E-state index is 5.40. The van der Waals surface area contributed by atoms with Crippen molar-refractivity contribution in [3.8, 4) is 17.2 Å². The smallest absolute Gasteiger partial charge is 0.169 e. The molecule has 0 radical (unpaired) electrons. The topological polar surface area (TPSA) is 31.6 Å². The number of nitrogens with zero attached hydrogens (tertiary/aromatic N) is 1. The Morgan fingerprint density at radius 1 is 0.455 bits per heavy atom. The highest BCUT2D eigenvalue weighted by molar-refractivity contribution is 6.04. The van der Waals surface area contributed by atoms with Crippen molar-refractivity contribution in [2.75, 3.05) is 21.3 Å². The minimum Gasteiger partial charge on any atom is -0.497 e. The normalized spacial score (nSPS) is 10.4. The monoisotopic (exact) mass is 438 g/mol. The third-order valence-corrected chi connectivity index (χ3v) is 5.65. The third kappa shape index (κ3) is 4.90. The van der Waals surface area contributed by atoms with Crippen LogP contribution in [0.2, 0.25) is 0 Å². The van der Waals surface area contributed by atoms with Gasteiger partial charge in [0.2, 0.25) is 0 Å². The molecule has 1 heterocycles. The number of hydrogen-bond acceptors (Lipinski definition) is 3. The summed E-state index contributed by atoms with van der Waals surface area (Å²) in [6.07, 6.45) is 4.14. The van der Waals surface area contributed by atoms with E-state index >= 15 is 0 Å². The standard InChI is InChI=1S/C29H28NO3/c1-30-19-17-24(18-20-30)29(23-9-15-27(33-4)16-10-23)28(21-5-11-25(31-2)12-6-21)22-7-13-26(32-3)14-8-22/h5-20H,1-4H3/q+1. The lowest BCUT2D eigenvalue weighted by Crippen LogP contribution is -2.25. The molecule has 1 aromatic heterocycles. The number of methoxy groups -OCH3 is 3. The molecule has 4 aromatic rings. The number of aryl methyl sites for hydroxylation is 1. The molecule has 4 nitrogen and oxygen atoms in total. The van der Waals surface area contributed by atoms with Crippen molar-refractivity contribution < 1.29 is 18.8 Å². The fourth-order valence-corrected chi connectivity index (χ4v) is 3.85. The summed E-state index contributed by atoms with van der Waals surface area (Å²) in [6, 6.07) is 28.9. The zero-order chi connectivity index (χ0) is 23.2. The molecule has 4 rings (SSSR count). The highest BCUT2D eigenvalue weighted by atomic mass is 16.5. The molecule has 0 aliphatic heterocycles. The van der Waals surface area contributed by atoms with E-state index < -0.39 is 0 Å². The van der Waals surface area contributed by atoms with Gasteiger partial charge in [-0.1, -0.05) is 36.4 Å². The Balaban J connectivity index is 2.03. The molecule has 166 valence electrons. The molecule has 0 aliphatic carbocycles. The van der Waals surface area contributed by atoms with Gasteiger partial charge in [-0.25, -0.2) is 4.57 Å². The lowest BCUT2D eigenvalue weighted by Gasteiger charge is -2.18. The summed E-state index contributed by atoms with van der Waals surface area (Å²) < 4.78 is 18.2. The Kier molecular flexibility index (Phi) is 6.75. The van der Waals surface area contributed by atoms with Gasteiger partial charge in [-0.05, 0) is 69.8 Å². The van der Waals surface area contributed by atoms with Crippen LogP contribution in [-0.2, 0) is 7.05 Å². The van der Waals surface area contributed by atoms with Gasteiger partial charge in [0.25, 0.3) is 0 Å². The molecule has 0 aliphatic rings. The second kappa shape index (κ2) is 10.0. The summed E-state index contributed by atoms with van der Waals surface area (Å²) in [4.78, 5) is 0. The van der Waals surface area contributed by atoms with Crippen LogP contribution in [0.1, 0.15) is 22.3 Å². The Labute approximate surface area is 195 Å². The third-order valence-electron chi connectivity index (χ3n) is 5.65. The van der Waals surface area contributed by atoms with E-state index in [2.05, 4.69) is 60.9 Å². The molecule has 0 amide bonds. The molecule has 0 saturated carbocycles. The quantitative estimate of drug-likeness (QED) is 0.280. The first kappa shape index (κ1) is 22.2. The van der Waals surface area contributed by atoms with Crippen LogP contribution in [0, 0.1) is 0 Å². The summed E-state index contributed by atoms with van der Waals surface area (Å²) in [7, 11) is 7.07. The molecule has 0 atom stereocenters. The van der Waals surface area contributed by atoms with E-state index in [1.54, 1.807) is 21.3 Å². The van der Waals surface area contributed by atoms with E-state index in [9.17, 15) is 0 Å².